The van der Waals surface area contributed by atoms with E-state index in [4.69, 9.17) is 0 Å². The number of rotatable bonds is 6. The Morgan fingerprint density at radius 2 is 1.83 bits per heavy atom. The summed E-state index contributed by atoms with van der Waals surface area (Å²) in [6.07, 6.45) is 0.919. The van der Waals surface area contributed by atoms with Crippen LogP contribution in [0.2, 0.25) is 0 Å². The summed E-state index contributed by atoms with van der Waals surface area (Å²) >= 11 is 0. The molecule has 1 aromatic carbocycles. The number of piperidine rings is 1. The van der Waals surface area contributed by atoms with Crippen molar-refractivity contribution in [3.05, 3.63) is 35.6 Å². The number of amides is 3. The fraction of sp³-hybridized carbons (Fsp3) is 0.571. The molecule has 2 saturated heterocycles. The molecule has 7 nitrogen and oxygen atoms in total. The van der Waals surface area contributed by atoms with E-state index in [0.29, 0.717) is 45.6 Å². The summed E-state index contributed by atoms with van der Waals surface area (Å²) in [6, 6.07) is 6.10. The monoisotopic (exact) mass is 404 g/mol. The lowest BCUT2D eigenvalue weighted by atomic mass is 9.95. The molecule has 8 heteroatoms. The zero-order valence-corrected chi connectivity index (χ0v) is 17.1. The van der Waals surface area contributed by atoms with Crippen LogP contribution in [0.25, 0.3) is 0 Å². The van der Waals surface area contributed by atoms with Gasteiger partial charge < -0.3 is 19.6 Å². The molecule has 0 N–H and O–H groups in total. The lowest BCUT2D eigenvalue weighted by Gasteiger charge is -2.38. The van der Waals surface area contributed by atoms with Crippen LogP contribution in [0.15, 0.2) is 24.3 Å². The Morgan fingerprint density at radius 3 is 2.48 bits per heavy atom. The molecule has 0 radical (unpaired) electrons. The van der Waals surface area contributed by atoms with Crippen molar-refractivity contribution in [3.8, 4) is 0 Å². The van der Waals surface area contributed by atoms with E-state index in [0.717, 1.165) is 12.1 Å². The smallest absolute Gasteiger partial charge is 0.242 e. The molecule has 1 atom stereocenters. The zero-order valence-electron chi connectivity index (χ0n) is 17.1. The van der Waals surface area contributed by atoms with Crippen LogP contribution in [0.4, 0.5) is 4.39 Å². The first-order chi connectivity index (χ1) is 13.8. The first-order valence-corrected chi connectivity index (χ1v) is 10.1. The highest BCUT2D eigenvalue weighted by Gasteiger charge is 2.35. The van der Waals surface area contributed by atoms with E-state index < -0.39 is 0 Å². The van der Waals surface area contributed by atoms with Gasteiger partial charge in [-0.15, -0.1) is 0 Å². The summed E-state index contributed by atoms with van der Waals surface area (Å²) in [7, 11) is 3.90. The van der Waals surface area contributed by atoms with Crippen LogP contribution in [-0.2, 0) is 20.9 Å². The summed E-state index contributed by atoms with van der Waals surface area (Å²) in [6.45, 7) is 3.20. The molecule has 0 bridgehead atoms. The highest BCUT2D eigenvalue weighted by molar-refractivity contribution is 5.88. The van der Waals surface area contributed by atoms with Crippen molar-refractivity contribution in [3.63, 3.8) is 0 Å². The van der Waals surface area contributed by atoms with Crippen molar-refractivity contribution < 1.29 is 18.8 Å². The van der Waals surface area contributed by atoms with Crippen LogP contribution in [0.1, 0.15) is 18.4 Å². The molecule has 2 aliphatic rings. The molecule has 3 rings (SSSR count). The molecule has 29 heavy (non-hydrogen) atoms. The SMILES string of the molecule is CN(C)CCN1CC(C(=O)N2CCN(Cc3ccc(F)cc3)C(=O)C2)CCC1=O. The number of hydrogen-bond donors (Lipinski definition) is 0. The Kier molecular flexibility index (Phi) is 6.84. The van der Waals surface area contributed by atoms with Crippen molar-refractivity contribution in [2.24, 2.45) is 5.92 Å². The minimum atomic E-state index is -0.305. The summed E-state index contributed by atoms with van der Waals surface area (Å²) < 4.78 is 13.0. The Bertz CT molecular complexity index is 753. The Labute approximate surface area is 171 Å². The second kappa shape index (κ2) is 9.35. The van der Waals surface area contributed by atoms with Crippen LogP contribution in [0.3, 0.4) is 0 Å². The maximum atomic E-state index is 13.0. The third-order valence-electron chi connectivity index (χ3n) is 5.58. The van der Waals surface area contributed by atoms with Gasteiger partial charge in [0.05, 0.1) is 12.5 Å². The molecule has 2 aliphatic heterocycles. The minimum absolute atomic E-state index is 0.0397. The molecule has 158 valence electrons. The number of nitrogens with zero attached hydrogens (tertiary/aromatic N) is 4. The average Bonchev–Trinajstić information content (AvgIpc) is 2.70. The number of hydrogen-bond acceptors (Lipinski definition) is 4. The average molecular weight is 404 g/mol. The number of halogens is 1. The first-order valence-electron chi connectivity index (χ1n) is 10.1. The first kappa shape index (κ1) is 21.2. The van der Waals surface area contributed by atoms with E-state index in [1.165, 1.54) is 12.1 Å². The van der Waals surface area contributed by atoms with Crippen molar-refractivity contribution in [1.82, 2.24) is 19.6 Å². The predicted molar refractivity (Wildman–Crippen MR) is 106 cm³/mol. The highest BCUT2D eigenvalue weighted by atomic mass is 19.1. The van der Waals surface area contributed by atoms with Gasteiger partial charge in [0.1, 0.15) is 5.82 Å². The van der Waals surface area contributed by atoms with E-state index in [1.54, 1.807) is 26.8 Å². The Balaban J connectivity index is 1.53. The van der Waals surface area contributed by atoms with Crippen LogP contribution in [0.5, 0.6) is 0 Å². The summed E-state index contributed by atoms with van der Waals surface area (Å²) in [5, 5.41) is 0. The van der Waals surface area contributed by atoms with E-state index in [2.05, 4.69) is 0 Å². The van der Waals surface area contributed by atoms with Gasteiger partial charge in [0.25, 0.3) is 0 Å². The molecule has 3 amide bonds. The van der Waals surface area contributed by atoms with Crippen LogP contribution in [0, 0.1) is 11.7 Å². The van der Waals surface area contributed by atoms with Crippen molar-refractivity contribution in [1.29, 1.82) is 0 Å². The van der Waals surface area contributed by atoms with Crippen molar-refractivity contribution >= 4 is 17.7 Å². The third-order valence-corrected chi connectivity index (χ3v) is 5.58. The maximum Gasteiger partial charge on any atom is 0.242 e. The minimum Gasteiger partial charge on any atom is -0.341 e. The summed E-state index contributed by atoms with van der Waals surface area (Å²) in [4.78, 5) is 44.7. The van der Waals surface area contributed by atoms with Gasteiger partial charge in [0, 0.05) is 45.7 Å². The molecule has 2 fully saturated rings. The van der Waals surface area contributed by atoms with Gasteiger partial charge in [0.2, 0.25) is 17.7 Å². The fourth-order valence-electron chi connectivity index (χ4n) is 3.79. The third kappa shape index (κ3) is 5.53. The molecule has 2 heterocycles. The van der Waals surface area contributed by atoms with E-state index in [9.17, 15) is 18.8 Å². The van der Waals surface area contributed by atoms with Crippen LogP contribution < -0.4 is 0 Å². The standard InChI is InChI=1S/C21H29FN4O3/c1-23(2)9-10-25-14-17(5-8-19(25)27)21(29)26-12-11-24(20(28)15-26)13-16-3-6-18(22)7-4-16/h3-4,6-7,17H,5,8-15H2,1-2H3. The number of carbonyl (C=O) groups is 3. The van der Waals surface area contributed by atoms with Gasteiger partial charge in [0.15, 0.2) is 0 Å². The van der Waals surface area contributed by atoms with Gasteiger partial charge in [-0.2, -0.15) is 0 Å². The molecule has 0 spiro atoms. The lowest BCUT2D eigenvalue weighted by molar-refractivity contribution is -0.151. The van der Waals surface area contributed by atoms with Crippen molar-refractivity contribution in [2.75, 3.05) is 53.4 Å². The normalized spacial score (nSPS) is 20.6. The maximum absolute atomic E-state index is 13.0. The molecule has 0 saturated carbocycles. The fourth-order valence-corrected chi connectivity index (χ4v) is 3.79. The molecule has 0 aliphatic carbocycles. The van der Waals surface area contributed by atoms with Gasteiger partial charge in [-0.1, -0.05) is 12.1 Å². The second-order valence-electron chi connectivity index (χ2n) is 8.08. The quantitative estimate of drug-likeness (QED) is 0.704. The summed E-state index contributed by atoms with van der Waals surface area (Å²) in [5.74, 6) is -0.601. The van der Waals surface area contributed by atoms with E-state index >= 15 is 0 Å². The molecular formula is C21H29FN4O3. The highest BCUT2D eigenvalue weighted by Crippen LogP contribution is 2.21. The number of piperazine rings is 1. The molecular weight excluding hydrogens is 375 g/mol. The van der Waals surface area contributed by atoms with E-state index in [1.807, 2.05) is 19.0 Å². The van der Waals surface area contributed by atoms with Gasteiger partial charge in [-0.05, 0) is 38.2 Å². The molecule has 0 aromatic heterocycles. The Morgan fingerprint density at radius 1 is 1.10 bits per heavy atom. The number of likely N-dealkylation sites (tertiary alicyclic amines) is 1. The molecule has 1 unspecified atom stereocenters. The predicted octanol–water partition coefficient (Wildman–Crippen LogP) is 0.797. The Hall–Kier alpha value is -2.48. The van der Waals surface area contributed by atoms with Crippen molar-refractivity contribution in [2.45, 2.75) is 19.4 Å². The number of benzene rings is 1. The largest absolute Gasteiger partial charge is 0.341 e. The number of carbonyl (C=O) groups excluding carboxylic acids is 3. The zero-order chi connectivity index (χ0) is 21.0. The molecule has 1 aromatic rings. The lowest BCUT2D eigenvalue weighted by Crippen LogP contribution is -2.55. The summed E-state index contributed by atoms with van der Waals surface area (Å²) in [5.41, 5.74) is 0.863. The van der Waals surface area contributed by atoms with Gasteiger partial charge >= 0.3 is 0 Å². The van der Waals surface area contributed by atoms with Gasteiger partial charge in [-0.25, -0.2) is 4.39 Å². The topological polar surface area (TPSA) is 64.2 Å². The number of likely N-dealkylation sites (N-methyl/N-ethyl adjacent to an activating group) is 1. The van der Waals surface area contributed by atoms with Gasteiger partial charge in [-0.3, -0.25) is 14.4 Å². The second-order valence-corrected chi connectivity index (χ2v) is 8.08. The van der Waals surface area contributed by atoms with Crippen LogP contribution in [-0.4, -0.2) is 90.7 Å². The van der Waals surface area contributed by atoms with E-state index in [-0.39, 0.29) is 36.0 Å². The van der Waals surface area contributed by atoms with Crippen LogP contribution >= 0.6 is 0 Å².